The maximum absolute atomic E-state index is 13.8. The van der Waals surface area contributed by atoms with Gasteiger partial charge in [0.2, 0.25) is 11.8 Å². The van der Waals surface area contributed by atoms with Crippen molar-refractivity contribution in [2.45, 2.75) is 32.9 Å². The number of anilines is 1. The van der Waals surface area contributed by atoms with Crippen LogP contribution in [0, 0.1) is 19.8 Å². The maximum atomic E-state index is 13.8. The highest BCUT2D eigenvalue weighted by Gasteiger charge is 2.38. The van der Waals surface area contributed by atoms with Crippen LogP contribution in [0.25, 0.3) is 16.9 Å². The van der Waals surface area contributed by atoms with Crippen LogP contribution in [0.3, 0.4) is 0 Å². The normalized spacial score (nSPS) is 15.2. The molecule has 1 aliphatic rings. The lowest BCUT2D eigenvalue weighted by molar-refractivity contribution is -0.123. The van der Waals surface area contributed by atoms with Gasteiger partial charge in [0, 0.05) is 22.7 Å². The van der Waals surface area contributed by atoms with Crippen molar-refractivity contribution in [1.82, 2.24) is 15.1 Å². The van der Waals surface area contributed by atoms with E-state index >= 15 is 0 Å². The molecule has 0 bridgehead atoms. The number of nitrogens with zero attached hydrogens (tertiary/aromatic N) is 3. The summed E-state index contributed by atoms with van der Waals surface area (Å²) in [4.78, 5) is 28.6. The lowest BCUT2D eigenvalue weighted by Gasteiger charge is -2.24. The summed E-state index contributed by atoms with van der Waals surface area (Å²) < 4.78 is 1.86. The zero-order chi connectivity index (χ0) is 28.4. The molecular formula is C32H33ClN4O2S. The predicted molar refractivity (Wildman–Crippen MR) is 164 cm³/mol. The van der Waals surface area contributed by atoms with Gasteiger partial charge in [-0.3, -0.25) is 14.5 Å². The Morgan fingerprint density at radius 1 is 1.07 bits per heavy atom. The molecule has 0 saturated carbocycles. The van der Waals surface area contributed by atoms with E-state index in [0.717, 1.165) is 39.2 Å². The number of hydrogen-bond acceptors (Lipinski definition) is 4. The first-order valence-electron chi connectivity index (χ1n) is 13.4. The van der Waals surface area contributed by atoms with Gasteiger partial charge in [-0.25, -0.2) is 4.68 Å². The van der Waals surface area contributed by atoms with E-state index in [-0.39, 0.29) is 29.4 Å². The second kappa shape index (κ2) is 11.9. The van der Waals surface area contributed by atoms with Crippen molar-refractivity contribution < 1.29 is 9.59 Å². The van der Waals surface area contributed by atoms with Crippen LogP contribution in [0.2, 0.25) is 5.02 Å². The zero-order valence-corrected chi connectivity index (χ0v) is 24.7. The molecule has 0 spiro atoms. The molecule has 1 N–H and O–H groups in total. The van der Waals surface area contributed by atoms with Gasteiger partial charge in [-0.05, 0) is 54.7 Å². The number of aromatic nitrogens is 2. The van der Waals surface area contributed by atoms with Crippen molar-refractivity contribution in [3.05, 3.63) is 100 Å². The number of amides is 2. The monoisotopic (exact) mass is 572 g/mol. The van der Waals surface area contributed by atoms with E-state index in [1.54, 1.807) is 4.90 Å². The van der Waals surface area contributed by atoms with Crippen LogP contribution in [-0.4, -0.2) is 40.4 Å². The number of carbonyl (C=O) groups excluding carboxylic acids is 2. The molecule has 3 aromatic carbocycles. The number of carbonyl (C=O) groups is 2. The minimum Gasteiger partial charge on any atom is -0.354 e. The summed E-state index contributed by atoms with van der Waals surface area (Å²) >= 11 is 7.99. The van der Waals surface area contributed by atoms with Crippen molar-refractivity contribution in [1.29, 1.82) is 0 Å². The van der Waals surface area contributed by atoms with Crippen molar-refractivity contribution >= 4 is 41.0 Å². The summed E-state index contributed by atoms with van der Waals surface area (Å²) in [5, 5.41) is 8.57. The minimum absolute atomic E-state index is 0.0911. The molecule has 0 saturated heterocycles. The molecule has 2 amide bonds. The van der Waals surface area contributed by atoms with Crippen LogP contribution >= 0.6 is 23.4 Å². The van der Waals surface area contributed by atoms with Crippen LogP contribution in [-0.2, 0) is 9.59 Å². The van der Waals surface area contributed by atoms with Gasteiger partial charge in [0.05, 0.1) is 22.4 Å². The molecule has 1 atom stereocenters. The SMILES string of the molecule is Cc1cccc(-n2nc(-c3ccccc3)c3c2N(CC(=O)NCC(C)C)C(=O)CSC3c2cccc(Cl)c2)c1C. The Kier molecular flexibility index (Phi) is 8.33. The molecule has 0 aliphatic carbocycles. The molecular weight excluding hydrogens is 540 g/mol. The number of fused-ring (bicyclic) bond motifs is 1. The molecule has 1 unspecified atom stereocenters. The van der Waals surface area contributed by atoms with E-state index < -0.39 is 0 Å². The van der Waals surface area contributed by atoms with E-state index in [4.69, 9.17) is 16.7 Å². The Hall–Kier alpha value is -3.55. The topological polar surface area (TPSA) is 67.2 Å². The lowest BCUT2D eigenvalue weighted by atomic mass is 9.99. The molecule has 2 heterocycles. The summed E-state index contributed by atoms with van der Waals surface area (Å²) in [6, 6.07) is 23.8. The number of benzene rings is 3. The first-order chi connectivity index (χ1) is 19.2. The third-order valence-electron chi connectivity index (χ3n) is 7.10. The molecule has 206 valence electrons. The first-order valence-corrected chi connectivity index (χ1v) is 14.9. The second-order valence-electron chi connectivity index (χ2n) is 10.5. The third kappa shape index (κ3) is 5.67. The Labute approximate surface area is 244 Å². The standard InChI is InChI=1S/C32H33ClN4O2S/c1-20(2)17-34-27(38)18-36-28(39)19-40-31(24-13-9-14-25(33)16-24)29-30(23-11-6-5-7-12-23)35-37(32(29)36)26-15-8-10-21(3)22(26)4/h5-16,20,31H,17-19H2,1-4H3,(H,34,38). The molecule has 0 fully saturated rings. The summed E-state index contributed by atoms with van der Waals surface area (Å²) in [6.07, 6.45) is 0. The van der Waals surface area contributed by atoms with Gasteiger partial charge in [-0.15, -0.1) is 11.8 Å². The van der Waals surface area contributed by atoms with Gasteiger partial charge in [0.15, 0.2) is 0 Å². The highest BCUT2D eigenvalue weighted by molar-refractivity contribution is 8.00. The molecule has 8 heteroatoms. The van der Waals surface area contributed by atoms with Crippen LogP contribution < -0.4 is 10.2 Å². The average molecular weight is 573 g/mol. The van der Waals surface area contributed by atoms with Crippen molar-refractivity contribution in [3.63, 3.8) is 0 Å². The van der Waals surface area contributed by atoms with Crippen molar-refractivity contribution in [3.8, 4) is 16.9 Å². The Balaban J connectivity index is 1.80. The number of thioether (sulfide) groups is 1. The fourth-order valence-corrected chi connectivity index (χ4v) is 6.30. The predicted octanol–water partition coefficient (Wildman–Crippen LogP) is 6.75. The summed E-state index contributed by atoms with van der Waals surface area (Å²) in [5.74, 6) is 0.792. The number of rotatable bonds is 7. The molecule has 6 nitrogen and oxygen atoms in total. The molecule has 4 aromatic rings. The Morgan fingerprint density at radius 3 is 2.55 bits per heavy atom. The quantitative estimate of drug-likeness (QED) is 0.266. The van der Waals surface area contributed by atoms with Crippen LogP contribution in [0.5, 0.6) is 0 Å². The number of nitrogens with one attached hydrogen (secondary N) is 1. The smallest absolute Gasteiger partial charge is 0.240 e. The van der Waals surface area contributed by atoms with Gasteiger partial charge in [0.1, 0.15) is 12.4 Å². The average Bonchev–Trinajstić information content (AvgIpc) is 3.25. The van der Waals surface area contributed by atoms with Gasteiger partial charge in [-0.2, -0.15) is 5.10 Å². The van der Waals surface area contributed by atoms with Gasteiger partial charge in [0.25, 0.3) is 0 Å². The van der Waals surface area contributed by atoms with E-state index in [1.807, 2.05) is 85.3 Å². The maximum Gasteiger partial charge on any atom is 0.240 e. The third-order valence-corrected chi connectivity index (χ3v) is 8.59. The Morgan fingerprint density at radius 2 is 1.82 bits per heavy atom. The number of aryl methyl sites for hydroxylation is 1. The van der Waals surface area contributed by atoms with Crippen molar-refractivity contribution in [2.75, 3.05) is 23.7 Å². The van der Waals surface area contributed by atoms with Crippen LogP contribution in [0.4, 0.5) is 5.82 Å². The fourth-order valence-electron chi connectivity index (χ4n) is 4.91. The van der Waals surface area contributed by atoms with Gasteiger partial charge >= 0.3 is 0 Å². The summed E-state index contributed by atoms with van der Waals surface area (Å²) in [5.41, 5.74) is 6.63. The van der Waals surface area contributed by atoms with E-state index in [9.17, 15) is 9.59 Å². The molecule has 1 aliphatic heterocycles. The highest BCUT2D eigenvalue weighted by atomic mass is 35.5. The molecule has 5 rings (SSSR count). The van der Waals surface area contributed by atoms with E-state index in [2.05, 4.69) is 25.2 Å². The minimum atomic E-state index is -0.226. The summed E-state index contributed by atoms with van der Waals surface area (Å²) in [7, 11) is 0. The van der Waals surface area contributed by atoms with Crippen LogP contribution in [0.1, 0.15) is 41.4 Å². The number of halogens is 1. The van der Waals surface area contributed by atoms with Crippen LogP contribution in [0.15, 0.2) is 72.8 Å². The molecule has 1 aromatic heterocycles. The Bertz CT molecular complexity index is 1550. The van der Waals surface area contributed by atoms with E-state index in [1.165, 1.54) is 11.8 Å². The lowest BCUT2D eigenvalue weighted by Crippen LogP contribution is -2.43. The van der Waals surface area contributed by atoms with Gasteiger partial charge in [-0.1, -0.05) is 80.0 Å². The fraction of sp³-hybridized carbons (Fsp3) is 0.281. The summed E-state index contributed by atoms with van der Waals surface area (Å²) in [6.45, 7) is 8.66. The van der Waals surface area contributed by atoms with E-state index in [0.29, 0.717) is 23.3 Å². The number of hydrogen-bond donors (Lipinski definition) is 1. The first kappa shape index (κ1) is 28.0. The molecule has 0 radical (unpaired) electrons. The highest BCUT2D eigenvalue weighted by Crippen LogP contribution is 2.49. The zero-order valence-electron chi connectivity index (χ0n) is 23.1. The van der Waals surface area contributed by atoms with Gasteiger partial charge < -0.3 is 5.32 Å². The van der Waals surface area contributed by atoms with Crippen molar-refractivity contribution in [2.24, 2.45) is 5.92 Å². The molecule has 40 heavy (non-hydrogen) atoms. The largest absolute Gasteiger partial charge is 0.354 e. The second-order valence-corrected chi connectivity index (χ2v) is 12.0.